The van der Waals surface area contributed by atoms with E-state index in [9.17, 15) is 4.39 Å². The van der Waals surface area contributed by atoms with Crippen molar-refractivity contribution in [1.29, 1.82) is 0 Å². The highest BCUT2D eigenvalue weighted by Gasteiger charge is 2.18. The van der Waals surface area contributed by atoms with E-state index in [-0.39, 0.29) is 22.8 Å². The quantitative estimate of drug-likeness (QED) is 0.839. The third kappa shape index (κ3) is 3.47. The van der Waals surface area contributed by atoms with Gasteiger partial charge in [-0.3, -0.25) is 0 Å². The van der Waals surface area contributed by atoms with Crippen LogP contribution in [0.3, 0.4) is 0 Å². The van der Waals surface area contributed by atoms with Crippen LogP contribution >= 0.6 is 11.6 Å². The zero-order valence-electron chi connectivity index (χ0n) is 9.88. The summed E-state index contributed by atoms with van der Waals surface area (Å²) < 4.78 is 19.1. The van der Waals surface area contributed by atoms with Crippen molar-refractivity contribution in [1.82, 2.24) is 0 Å². The Labute approximate surface area is 115 Å². The van der Waals surface area contributed by atoms with E-state index in [1.54, 1.807) is 0 Å². The molecule has 0 spiro atoms. The number of halogens is 2. The van der Waals surface area contributed by atoms with Crippen molar-refractivity contribution in [3.63, 3.8) is 0 Å². The topological polar surface area (TPSA) is 49.7 Å². The fourth-order valence-electron chi connectivity index (χ4n) is 1.60. The molecule has 0 fully saturated rings. The van der Waals surface area contributed by atoms with Gasteiger partial charge in [0.15, 0.2) is 11.6 Å². The van der Waals surface area contributed by atoms with Crippen molar-refractivity contribution >= 4 is 24.2 Å². The molecule has 0 unspecified atom stereocenters. The molecular formula is C13H11BClFO3. The van der Waals surface area contributed by atoms with E-state index in [2.05, 4.69) is 0 Å². The van der Waals surface area contributed by atoms with Crippen LogP contribution in [0.15, 0.2) is 42.5 Å². The maximum atomic E-state index is 13.7. The summed E-state index contributed by atoms with van der Waals surface area (Å²) in [6.45, 7) is 0.179. The molecule has 0 aliphatic rings. The lowest BCUT2D eigenvalue weighted by atomic mass is 9.80. The first-order chi connectivity index (χ1) is 9.08. The van der Waals surface area contributed by atoms with Crippen molar-refractivity contribution in [3.05, 3.63) is 58.9 Å². The molecule has 0 bridgehead atoms. The van der Waals surface area contributed by atoms with Crippen LogP contribution in [-0.4, -0.2) is 17.2 Å². The summed E-state index contributed by atoms with van der Waals surface area (Å²) in [4.78, 5) is 0. The molecule has 19 heavy (non-hydrogen) atoms. The number of ether oxygens (including phenoxy) is 1. The highest BCUT2D eigenvalue weighted by atomic mass is 35.5. The van der Waals surface area contributed by atoms with Gasteiger partial charge in [-0.1, -0.05) is 41.9 Å². The van der Waals surface area contributed by atoms with E-state index >= 15 is 0 Å². The summed E-state index contributed by atoms with van der Waals surface area (Å²) in [6, 6.07) is 11.5. The molecule has 0 atom stereocenters. The Morgan fingerprint density at radius 1 is 1.16 bits per heavy atom. The summed E-state index contributed by atoms with van der Waals surface area (Å²) in [7, 11) is -1.77. The lowest BCUT2D eigenvalue weighted by Crippen LogP contribution is -2.30. The van der Waals surface area contributed by atoms with Crippen LogP contribution in [0, 0.1) is 5.82 Å². The SMILES string of the molecule is OB(O)c1cc(F)c(OCc2ccccc2)c(Cl)c1. The predicted octanol–water partition coefficient (Wildman–Crippen LogP) is 1.74. The van der Waals surface area contributed by atoms with Crippen molar-refractivity contribution in [2.75, 3.05) is 0 Å². The van der Waals surface area contributed by atoms with Crippen molar-refractivity contribution in [3.8, 4) is 5.75 Å². The first-order valence-corrected chi connectivity index (χ1v) is 5.97. The maximum absolute atomic E-state index is 13.7. The fraction of sp³-hybridized carbons (Fsp3) is 0.0769. The molecule has 3 nitrogen and oxygen atoms in total. The molecule has 98 valence electrons. The number of hydrogen-bond donors (Lipinski definition) is 2. The summed E-state index contributed by atoms with van der Waals surface area (Å²) in [6.07, 6.45) is 0. The minimum atomic E-state index is -1.77. The van der Waals surface area contributed by atoms with Gasteiger partial charge < -0.3 is 14.8 Å². The Kier molecular flexibility index (Phi) is 4.42. The van der Waals surface area contributed by atoms with Crippen LogP contribution in [0.5, 0.6) is 5.75 Å². The summed E-state index contributed by atoms with van der Waals surface area (Å²) in [5.41, 5.74) is 0.860. The van der Waals surface area contributed by atoms with E-state index in [1.807, 2.05) is 30.3 Å². The van der Waals surface area contributed by atoms with Crippen molar-refractivity contribution in [2.24, 2.45) is 0 Å². The molecule has 0 radical (unpaired) electrons. The van der Waals surface area contributed by atoms with E-state index in [4.69, 9.17) is 26.4 Å². The third-order valence-corrected chi connectivity index (χ3v) is 2.83. The second-order valence-corrected chi connectivity index (χ2v) is 4.37. The van der Waals surface area contributed by atoms with Crippen molar-refractivity contribution < 1.29 is 19.2 Å². The van der Waals surface area contributed by atoms with Gasteiger partial charge in [0.1, 0.15) is 6.61 Å². The summed E-state index contributed by atoms with van der Waals surface area (Å²) in [5.74, 6) is -0.832. The third-order valence-electron chi connectivity index (χ3n) is 2.54. The van der Waals surface area contributed by atoms with Gasteiger partial charge in [0.2, 0.25) is 0 Å². The molecular weight excluding hydrogens is 269 g/mol. The van der Waals surface area contributed by atoms with Crippen LogP contribution < -0.4 is 10.2 Å². The van der Waals surface area contributed by atoms with E-state index in [0.717, 1.165) is 11.6 Å². The molecule has 0 aliphatic carbocycles. The molecule has 2 rings (SSSR count). The van der Waals surface area contributed by atoms with Gasteiger partial charge in [-0.15, -0.1) is 0 Å². The van der Waals surface area contributed by atoms with Crippen LogP contribution in [0.25, 0.3) is 0 Å². The Morgan fingerprint density at radius 2 is 1.84 bits per heavy atom. The normalized spacial score (nSPS) is 10.3. The van der Waals surface area contributed by atoms with E-state index < -0.39 is 12.9 Å². The average molecular weight is 280 g/mol. The Bertz CT molecular complexity index is 540. The van der Waals surface area contributed by atoms with Gasteiger partial charge in [0.25, 0.3) is 0 Å². The first kappa shape index (κ1) is 13.9. The minimum absolute atomic E-state index is 0.000897. The second kappa shape index (κ2) is 6.06. The van der Waals surface area contributed by atoms with Gasteiger partial charge in [-0.05, 0) is 23.2 Å². The molecule has 0 heterocycles. The van der Waals surface area contributed by atoms with Gasteiger partial charge in [0, 0.05) is 0 Å². The molecule has 0 amide bonds. The van der Waals surface area contributed by atoms with Crippen LogP contribution in [0.2, 0.25) is 5.02 Å². The molecule has 0 saturated heterocycles. The minimum Gasteiger partial charge on any atom is -0.484 e. The number of hydrogen-bond acceptors (Lipinski definition) is 3. The van der Waals surface area contributed by atoms with Crippen LogP contribution in [0.4, 0.5) is 4.39 Å². The molecule has 0 aromatic heterocycles. The summed E-state index contributed by atoms with van der Waals surface area (Å²) in [5, 5.41) is 17.9. The van der Waals surface area contributed by atoms with Crippen LogP contribution in [-0.2, 0) is 6.61 Å². The highest BCUT2D eigenvalue weighted by molar-refractivity contribution is 6.59. The monoisotopic (exact) mass is 280 g/mol. The Balaban J connectivity index is 2.17. The van der Waals surface area contributed by atoms with E-state index in [0.29, 0.717) is 0 Å². The van der Waals surface area contributed by atoms with Gasteiger partial charge >= 0.3 is 7.12 Å². The average Bonchev–Trinajstić information content (AvgIpc) is 2.38. The zero-order valence-corrected chi connectivity index (χ0v) is 10.6. The fourth-order valence-corrected chi connectivity index (χ4v) is 1.87. The van der Waals surface area contributed by atoms with Gasteiger partial charge in [0.05, 0.1) is 5.02 Å². The summed E-state index contributed by atoms with van der Waals surface area (Å²) >= 11 is 5.86. The molecule has 0 saturated carbocycles. The first-order valence-electron chi connectivity index (χ1n) is 5.59. The zero-order chi connectivity index (χ0) is 13.8. The Hall–Kier alpha value is -1.56. The maximum Gasteiger partial charge on any atom is 0.488 e. The number of benzene rings is 2. The van der Waals surface area contributed by atoms with E-state index in [1.165, 1.54) is 6.07 Å². The largest absolute Gasteiger partial charge is 0.488 e. The van der Waals surface area contributed by atoms with Gasteiger partial charge in [-0.25, -0.2) is 4.39 Å². The lowest BCUT2D eigenvalue weighted by molar-refractivity contribution is 0.290. The molecule has 2 aromatic rings. The molecule has 2 aromatic carbocycles. The van der Waals surface area contributed by atoms with Crippen LogP contribution in [0.1, 0.15) is 5.56 Å². The standard InChI is InChI=1S/C13H11BClFO3/c15-11-6-10(14(17)18)7-12(16)13(11)19-8-9-4-2-1-3-5-9/h1-7,17-18H,8H2. The molecule has 0 aliphatic heterocycles. The Morgan fingerprint density at radius 3 is 2.42 bits per heavy atom. The predicted molar refractivity (Wildman–Crippen MR) is 72.0 cm³/mol. The second-order valence-electron chi connectivity index (χ2n) is 3.96. The van der Waals surface area contributed by atoms with Crippen molar-refractivity contribution in [2.45, 2.75) is 6.61 Å². The smallest absolute Gasteiger partial charge is 0.484 e. The molecule has 6 heteroatoms. The molecule has 2 N–H and O–H groups in total. The number of rotatable bonds is 4. The highest BCUT2D eigenvalue weighted by Crippen LogP contribution is 2.27. The van der Waals surface area contributed by atoms with Gasteiger partial charge in [-0.2, -0.15) is 0 Å². The lowest BCUT2D eigenvalue weighted by Gasteiger charge is -2.11.